The summed E-state index contributed by atoms with van der Waals surface area (Å²) in [5, 5.41) is 9.34. The number of carbonyl (C=O) groups excluding carboxylic acids is 1. The van der Waals surface area contributed by atoms with Crippen molar-refractivity contribution >= 4 is 21.7 Å². The summed E-state index contributed by atoms with van der Waals surface area (Å²) in [6.45, 7) is 4.16. The second-order valence-corrected chi connectivity index (χ2v) is 5.71. The third kappa shape index (κ3) is 4.47. The molecule has 1 aromatic carbocycles. The summed E-state index contributed by atoms with van der Waals surface area (Å²) in [5.41, 5.74) is 0.791. The lowest BCUT2D eigenvalue weighted by Crippen LogP contribution is -2.21. The van der Waals surface area contributed by atoms with Crippen LogP contribution < -0.4 is 0 Å². The second kappa shape index (κ2) is 8.12. The van der Waals surface area contributed by atoms with Gasteiger partial charge in [-0.2, -0.15) is 5.26 Å². The molecule has 1 unspecified atom stereocenters. The van der Waals surface area contributed by atoms with Crippen molar-refractivity contribution in [3.05, 3.63) is 34.3 Å². The molecule has 0 aliphatic carbocycles. The fourth-order valence-corrected chi connectivity index (χ4v) is 2.77. The number of nitrogens with zero attached hydrogens (tertiary/aromatic N) is 1. The molecule has 102 valence electrons. The summed E-state index contributed by atoms with van der Waals surface area (Å²) >= 11 is 3.39. The monoisotopic (exact) mass is 321 g/mol. The molecule has 0 saturated heterocycles. The smallest absolute Gasteiger partial charge is 0.157 e. The molecule has 1 aromatic rings. The number of rotatable bonds is 7. The van der Waals surface area contributed by atoms with Gasteiger partial charge in [-0.15, -0.1) is 0 Å². The van der Waals surface area contributed by atoms with Crippen LogP contribution in [0.2, 0.25) is 0 Å². The zero-order valence-electron chi connectivity index (χ0n) is 11.5. The van der Waals surface area contributed by atoms with Crippen LogP contribution in [-0.4, -0.2) is 5.78 Å². The zero-order valence-corrected chi connectivity index (χ0v) is 13.1. The van der Waals surface area contributed by atoms with Gasteiger partial charge in [-0.25, -0.2) is 0 Å². The Morgan fingerprint density at radius 2 is 1.95 bits per heavy atom. The third-order valence-electron chi connectivity index (χ3n) is 3.27. The first kappa shape index (κ1) is 15.9. The lowest BCUT2D eigenvalue weighted by molar-refractivity contribution is -0.123. The fourth-order valence-electron chi connectivity index (χ4n) is 2.35. The van der Waals surface area contributed by atoms with Gasteiger partial charge in [0.2, 0.25) is 0 Å². The lowest BCUT2D eigenvalue weighted by Gasteiger charge is -2.17. The number of carbonyl (C=O) groups is 1. The number of Topliss-reactive ketones (excluding diaryl/α,β-unsaturated/α-hetero) is 1. The average molecular weight is 322 g/mol. The van der Waals surface area contributed by atoms with Crippen molar-refractivity contribution in [2.75, 3.05) is 0 Å². The standard InChI is InChI=1S/C16H20BrNO/c1-3-6-12(7-4-2)16(19)15(11-18)13-8-5-9-14(17)10-13/h5,8-10,12,15H,3-4,6-7H2,1-2H3. The molecule has 0 aliphatic rings. The predicted octanol–water partition coefficient (Wildman–Crippen LogP) is 4.84. The number of hydrogen-bond donors (Lipinski definition) is 0. The normalized spacial score (nSPS) is 12.2. The summed E-state index contributed by atoms with van der Waals surface area (Å²) in [7, 11) is 0. The van der Waals surface area contributed by atoms with E-state index in [1.165, 1.54) is 0 Å². The zero-order chi connectivity index (χ0) is 14.3. The Labute approximate surface area is 124 Å². The highest BCUT2D eigenvalue weighted by Crippen LogP contribution is 2.27. The second-order valence-electron chi connectivity index (χ2n) is 4.79. The van der Waals surface area contributed by atoms with Crippen molar-refractivity contribution in [3.63, 3.8) is 0 Å². The predicted molar refractivity (Wildman–Crippen MR) is 80.8 cm³/mol. The Bertz CT molecular complexity index is 458. The van der Waals surface area contributed by atoms with Crippen LogP contribution in [0.25, 0.3) is 0 Å². The van der Waals surface area contributed by atoms with Crippen LogP contribution in [0, 0.1) is 17.2 Å². The topological polar surface area (TPSA) is 40.9 Å². The van der Waals surface area contributed by atoms with Crippen LogP contribution in [-0.2, 0) is 4.79 Å². The molecular weight excluding hydrogens is 302 g/mol. The molecule has 0 N–H and O–H groups in total. The molecular formula is C16H20BrNO. The Morgan fingerprint density at radius 3 is 2.42 bits per heavy atom. The first-order valence-corrected chi connectivity index (χ1v) is 7.62. The molecule has 0 spiro atoms. The summed E-state index contributed by atoms with van der Waals surface area (Å²) in [5.74, 6) is -0.552. The van der Waals surface area contributed by atoms with Gasteiger partial charge < -0.3 is 0 Å². The molecule has 19 heavy (non-hydrogen) atoms. The van der Waals surface area contributed by atoms with Gasteiger partial charge in [0.05, 0.1) is 6.07 Å². The van der Waals surface area contributed by atoms with Crippen molar-refractivity contribution in [1.82, 2.24) is 0 Å². The third-order valence-corrected chi connectivity index (χ3v) is 3.77. The van der Waals surface area contributed by atoms with E-state index in [0.717, 1.165) is 35.7 Å². The summed E-state index contributed by atoms with van der Waals surface area (Å²) < 4.78 is 0.903. The molecule has 0 aromatic heterocycles. The first-order valence-electron chi connectivity index (χ1n) is 6.82. The van der Waals surface area contributed by atoms with Crippen LogP contribution in [0.3, 0.4) is 0 Å². The van der Waals surface area contributed by atoms with Crippen LogP contribution in [0.4, 0.5) is 0 Å². The molecule has 0 aliphatic heterocycles. The van der Waals surface area contributed by atoms with E-state index in [-0.39, 0.29) is 11.7 Å². The molecule has 1 rings (SSSR count). The molecule has 1 atom stereocenters. The van der Waals surface area contributed by atoms with E-state index in [0.29, 0.717) is 0 Å². The van der Waals surface area contributed by atoms with Gasteiger partial charge in [0.1, 0.15) is 5.92 Å². The van der Waals surface area contributed by atoms with E-state index in [2.05, 4.69) is 35.8 Å². The minimum atomic E-state index is -0.638. The maximum atomic E-state index is 12.5. The highest BCUT2D eigenvalue weighted by atomic mass is 79.9. The summed E-state index contributed by atoms with van der Waals surface area (Å²) in [4.78, 5) is 12.5. The van der Waals surface area contributed by atoms with E-state index in [4.69, 9.17) is 0 Å². The first-order chi connectivity index (χ1) is 9.13. The lowest BCUT2D eigenvalue weighted by atomic mass is 9.84. The van der Waals surface area contributed by atoms with Crippen molar-refractivity contribution < 1.29 is 4.79 Å². The molecule has 0 saturated carbocycles. The van der Waals surface area contributed by atoms with Crippen molar-refractivity contribution in [2.45, 2.75) is 45.4 Å². The summed E-state index contributed by atoms with van der Waals surface area (Å²) in [6, 6.07) is 9.65. The van der Waals surface area contributed by atoms with Gasteiger partial charge in [0.15, 0.2) is 5.78 Å². The maximum absolute atomic E-state index is 12.5. The number of benzene rings is 1. The average Bonchev–Trinajstić information content (AvgIpc) is 2.39. The molecule has 0 amide bonds. The number of hydrogen-bond acceptors (Lipinski definition) is 2. The Balaban J connectivity index is 2.95. The van der Waals surface area contributed by atoms with Gasteiger partial charge in [-0.3, -0.25) is 4.79 Å². The van der Waals surface area contributed by atoms with Crippen LogP contribution in [0.15, 0.2) is 28.7 Å². The Morgan fingerprint density at radius 1 is 1.32 bits per heavy atom. The van der Waals surface area contributed by atoms with Gasteiger partial charge >= 0.3 is 0 Å². The van der Waals surface area contributed by atoms with E-state index >= 15 is 0 Å². The molecule has 0 heterocycles. The van der Waals surface area contributed by atoms with Crippen LogP contribution in [0.1, 0.15) is 51.0 Å². The van der Waals surface area contributed by atoms with E-state index in [1.54, 1.807) is 0 Å². The number of nitriles is 1. The van der Waals surface area contributed by atoms with Gasteiger partial charge in [0, 0.05) is 10.4 Å². The molecule has 0 radical (unpaired) electrons. The minimum absolute atomic E-state index is 0.0126. The van der Waals surface area contributed by atoms with Crippen molar-refractivity contribution in [3.8, 4) is 6.07 Å². The minimum Gasteiger partial charge on any atom is -0.298 e. The fraction of sp³-hybridized carbons (Fsp3) is 0.500. The summed E-state index contributed by atoms with van der Waals surface area (Å²) in [6.07, 6.45) is 3.71. The Kier molecular flexibility index (Phi) is 6.80. The van der Waals surface area contributed by atoms with Crippen LogP contribution in [0.5, 0.6) is 0 Å². The van der Waals surface area contributed by atoms with Gasteiger partial charge in [-0.1, -0.05) is 54.8 Å². The van der Waals surface area contributed by atoms with Crippen molar-refractivity contribution in [1.29, 1.82) is 5.26 Å². The molecule has 0 bridgehead atoms. The van der Waals surface area contributed by atoms with Crippen molar-refractivity contribution in [2.24, 2.45) is 5.92 Å². The quantitative estimate of drug-likeness (QED) is 0.720. The number of halogens is 1. The molecule has 2 nitrogen and oxygen atoms in total. The van der Waals surface area contributed by atoms with E-state index in [1.807, 2.05) is 24.3 Å². The van der Waals surface area contributed by atoms with Gasteiger partial charge in [0.25, 0.3) is 0 Å². The molecule has 3 heteroatoms. The van der Waals surface area contributed by atoms with Gasteiger partial charge in [-0.05, 0) is 30.5 Å². The highest BCUT2D eigenvalue weighted by molar-refractivity contribution is 9.10. The SMILES string of the molecule is CCCC(CCC)C(=O)C(C#N)c1cccc(Br)c1. The largest absolute Gasteiger partial charge is 0.298 e. The molecule has 0 fully saturated rings. The Hall–Kier alpha value is -1.14. The number of ketones is 1. The van der Waals surface area contributed by atoms with E-state index < -0.39 is 5.92 Å². The van der Waals surface area contributed by atoms with Crippen LogP contribution >= 0.6 is 15.9 Å². The highest BCUT2D eigenvalue weighted by Gasteiger charge is 2.27. The maximum Gasteiger partial charge on any atom is 0.157 e. The van der Waals surface area contributed by atoms with E-state index in [9.17, 15) is 10.1 Å².